The topological polar surface area (TPSA) is 66.9 Å². The molecule has 154 valence electrons. The van der Waals surface area contributed by atoms with Crippen LogP contribution in [0, 0.1) is 12.3 Å². The average molecular weight is 435 g/mol. The Morgan fingerprint density at radius 1 is 1.31 bits per heavy atom. The normalized spacial score (nSPS) is 15.4. The van der Waals surface area contributed by atoms with Crippen LogP contribution in [0.3, 0.4) is 0 Å². The number of nitrogens with zero attached hydrogens (tertiary/aromatic N) is 2. The second kappa shape index (κ2) is 9.86. The van der Waals surface area contributed by atoms with Gasteiger partial charge in [0.2, 0.25) is 5.91 Å². The van der Waals surface area contributed by atoms with Crippen molar-refractivity contribution < 1.29 is 19.1 Å². The molecule has 1 heterocycles. The number of carbonyl (C=O) groups excluding carboxylic acids is 3. The van der Waals surface area contributed by atoms with Crippen LogP contribution in [0.1, 0.15) is 33.3 Å². The molecule has 6 nitrogen and oxygen atoms in total. The third kappa shape index (κ3) is 5.55. The lowest BCUT2D eigenvalue weighted by atomic mass is 10.2. The zero-order chi connectivity index (χ0) is 21.7. The number of halogens is 1. The Labute approximate surface area is 180 Å². The van der Waals surface area contributed by atoms with E-state index in [0.717, 1.165) is 16.7 Å². The van der Waals surface area contributed by atoms with Crippen LogP contribution in [0.4, 0.5) is 4.79 Å². The highest BCUT2D eigenvalue weighted by Crippen LogP contribution is 2.34. The van der Waals surface area contributed by atoms with Gasteiger partial charge in [-0.1, -0.05) is 23.6 Å². The number of thioether (sulfide) groups is 1. The van der Waals surface area contributed by atoms with Gasteiger partial charge in [-0.3, -0.25) is 19.3 Å². The summed E-state index contributed by atoms with van der Waals surface area (Å²) in [7, 11) is 0. The molecule has 1 aromatic rings. The molecule has 1 saturated heterocycles. The summed E-state index contributed by atoms with van der Waals surface area (Å²) in [4.78, 5) is 40.5. The molecule has 1 aliphatic heterocycles. The molecule has 0 atom stereocenters. The first kappa shape index (κ1) is 22.9. The van der Waals surface area contributed by atoms with Gasteiger partial charge in [0.25, 0.3) is 11.1 Å². The van der Waals surface area contributed by atoms with Gasteiger partial charge in [-0.15, -0.1) is 6.42 Å². The molecule has 0 N–H and O–H groups in total. The van der Waals surface area contributed by atoms with Crippen molar-refractivity contribution in [1.29, 1.82) is 0 Å². The van der Waals surface area contributed by atoms with Crippen LogP contribution in [0.5, 0.6) is 5.75 Å². The van der Waals surface area contributed by atoms with Gasteiger partial charge >= 0.3 is 0 Å². The van der Waals surface area contributed by atoms with E-state index in [-0.39, 0.29) is 36.0 Å². The second-order valence-corrected chi connectivity index (χ2v) is 8.34. The number of imide groups is 1. The smallest absolute Gasteiger partial charge is 0.294 e. The summed E-state index contributed by atoms with van der Waals surface area (Å²) >= 11 is 6.96. The molecule has 1 aromatic carbocycles. The molecule has 0 aliphatic carbocycles. The second-order valence-electron chi connectivity index (χ2n) is 6.94. The first-order valence-electron chi connectivity index (χ1n) is 9.08. The van der Waals surface area contributed by atoms with E-state index in [2.05, 4.69) is 5.92 Å². The molecule has 2 rings (SSSR count). The summed E-state index contributed by atoms with van der Waals surface area (Å²) in [6.07, 6.45) is 6.73. The largest absolute Gasteiger partial charge is 0.479 e. The van der Waals surface area contributed by atoms with Gasteiger partial charge in [-0.25, -0.2) is 0 Å². The van der Waals surface area contributed by atoms with Crippen molar-refractivity contribution in [1.82, 2.24) is 9.80 Å². The molecular weight excluding hydrogens is 412 g/mol. The number of benzene rings is 1. The molecule has 3 amide bonds. The fourth-order valence-corrected chi connectivity index (χ4v) is 4.10. The van der Waals surface area contributed by atoms with Gasteiger partial charge in [0.15, 0.2) is 0 Å². The molecule has 0 spiro atoms. The highest BCUT2D eigenvalue weighted by Gasteiger charge is 2.37. The van der Waals surface area contributed by atoms with Crippen LogP contribution in [0.2, 0.25) is 5.02 Å². The molecule has 1 fully saturated rings. The lowest BCUT2D eigenvalue weighted by Crippen LogP contribution is -2.48. The van der Waals surface area contributed by atoms with Crippen molar-refractivity contribution in [2.45, 2.75) is 39.8 Å². The van der Waals surface area contributed by atoms with E-state index in [1.165, 1.54) is 0 Å². The zero-order valence-corrected chi connectivity index (χ0v) is 18.3. The average Bonchev–Trinajstić information content (AvgIpc) is 2.88. The zero-order valence-electron chi connectivity index (χ0n) is 16.8. The molecule has 0 aromatic heterocycles. The maximum atomic E-state index is 12.7. The predicted molar refractivity (Wildman–Crippen MR) is 116 cm³/mol. The summed E-state index contributed by atoms with van der Waals surface area (Å²) in [5.74, 6) is 2.03. The van der Waals surface area contributed by atoms with E-state index in [4.69, 9.17) is 22.8 Å². The predicted octanol–water partition coefficient (Wildman–Crippen LogP) is 4.03. The lowest BCUT2D eigenvalue weighted by Gasteiger charge is -2.31. The highest BCUT2D eigenvalue weighted by atomic mass is 35.5. The van der Waals surface area contributed by atoms with Crippen LogP contribution in [-0.4, -0.2) is 52.1 Å². The van der Waals surface area contributed by atoms with Crippen molar-refractivity contribution in [3.63, 3.8) is 0 Å². The van der Waals surface area contributed by atoms with E-state index in [9.17, 15) is 14.4 Å². The van der Waals surface area contributed by atoms with Crippen LogP contribution in [-0.2, 0) is 9.59 Å². The van der Waals surface area contributed by atoms with Gasteiger partial charge in [-0.05, 0) is 63.2 Å². The molecule has 0 bridgehead atoms. The molecular formula is C21H23ClN2O4S. The maximum Gasteiger partial charge on any atom is 0.294 e. The standard InChI is InChI=1S/C21H23ClN2O4S/c1-6-9-28-17-8-7-15(10-16(17)22)11-18-20(26)23(21(27)29-18)12-19(25)24(13(2)3)14(4)5/h1,7-8,10-11,13-14H,9,12H2,2-5H3/b18-11-. The first-order chi connectivity index (χ1) is 13.6. The lowest BCUT2D eigenvalue weighted by molar-refractivity contribution is -0.138. The number of hydrogen-bond acceptors (Lipinski definition) is 5. The fraction of sp³-hybridized carbons (Fsp3) is 0.381. The molecule has 8 heteroatoms. The number of carbonyl (C=O) groups is 3. The third-order valence-corrected chi connectivity index (χ3v) is 5.34. The SMILES string of the molecule is C#CCOc1ccc(/C=C2\SC(=O)N(CC(=O)N(C(C)C)C(C)C)C2=O)cc1Cl. The summed E-state index contributed by atoms with van der Waals surface area (Å²) < 4.78 is 5.31. The Morgan fingerprint density at radius 2 is 1.97 bits per heavy atom. The van der Waals surface area contributed by atoms with Gasteiger partial charge < -0.3 is 9.64 Å². The van der Waals surface area contributed by atoms with Gasteiger partial charge in [0, 0.05) is 12.1 Å². The van der Waals surface area contributed by atoms with Crippen LogP contribution >= 0.6 is 23.4 Å². The minimum atomic E-state index is -0.496. The number of amides is 3. The quantitative estimate of drug-likeness (QED) is 0.478. The van der Waals surface area contributed by atoms with Crippen LogP contribution in [0.25, 0.3) is 6.08 Å². The molecule has 0 radical (unpaired) electrons. The summed E-state index contributed by atoms with van der Waals surface area (Å²) in [6, 6.07) is 4.90. The van der Waals surface area contributed by atoms with Crippen LogP contribution < -0.4 is 4.74 Å². The van der Waals surface area contributed by atoms with Crippen LogP contribution in [0.15, 0.2) is 23.1 Å². The van der Waals surface area contributed by atoms with Gasteiger partial charge in [0.05, 0.1) is 9.93 Å². The van der Waals surface area contributed by atoms with Crippen molar-refractivity contribution in [3.8, 4) is 18.1 Å². The number of ether oxygens (including phenoxy) is 1. The van der Waals surface area contributed by atoms with Crippen molar-refractivity contribution in [3.05, 3.63) is 33.7 Å². The monoisotopic (exact) mass is 434 g/mol. The maximum absolute atomic E-state index is 12.7. The molecule has 0 unspecified atom stereocenters. The van der Waals surface area contributed by atoms with E-state index in [1.54, 1.807) is 29.2 Å². The number of hydrogen-bond donors (Lipinski definition) is 0. The number of terminal acetylenes is 1. The third-order valence-electron chi connectivity index (χ3n) is 4.13. The van der Waals surface area contributed by atoms with Crippen molar-refractivity contribution in [2.24, 2.45) is 0 Å². The Morgan fingerprint density at radius 3 is 2.52 bits per heavy atom. The first-order valence-corrected chi connectivity index (χ1v) is 10.3. The fourth-order valence-electron chi connectivity index (χ4n) is 3.02. The van der Waals surface area contributed by atoms with Gasteiger partial charge in [-0.2, -0.15) is 0 Å². The Hall–Kier alpha value is -2.43. The molecule has 1 aliphatic rings. The summed E-state index contributed by atoms with van der Waals surface area (Å²) in [6.45, 7) is 7.39. The van der Waals surface area contributed by atoms with E-state index in [0.29, 0.717) is 16.3 Å². The molecule has 29 heavy (non-hydrogen) atoms. The molecule has 0 saturated carbocycles. The van der Waals surface area contributed by atoms with Crippen molar-refractivity contribution in [2.75, 3.05) is 13.2 Å². The Bertz CT molecular complexity index is 881. The Kier molecular flexibility index (Phi) is 7.77. The van der Waals surface area contributed by atoms with Gasteiger partial charge in [0.1, 0.15) is 18.9 Å². The minimum absolute atomic E-state index is 0.0321. The van der Waals surface area contributed by atoms with E-state index >= 15 is 0 Å². The van der Waals surface area contributed by atoms with E-state index < -0.39 is 11.1 Å². The van der Waals surface area contributed by atoms with Crippen molar-refractivity contribution >= 4 is 46.5 Å². The summed E-state index contributed by atoms with van der Waals surface area (Å²) in [5, 5.41) is -0.130. The Balaban J connectivity index is 2.17. The highest BCUT2D eigenvalue weighted by molar-refractivity contribution is 8.18. The van der Waals surface area contributed by atoms with E-state index in [1.807, 2.05) is 27.7 Å². The summed E-state index contributed by atoms with van der Waals surface area (Å²) in [5.41, 5.74) is 0.630. The number of rotatable bonds is 7. The minimum Gasteiger partial charge on any atom is -0.479 e.